The van der Waals surface area contributed by atoms with E-state index in [1.165, 1.54) is 0 Å². The highest BCUT2D eigenvalue weighted by molar-refractivity contribution is 5.40. The van der Waals surface area contributed by atoms with Crippen LogP contribution in [0.3, 0.4) is 0 Å². The molecule has 0 spiro atoms. The number of fused-ring (bicyclic) bond motifs is 1. The van der Waals surface area contributed by atoms with Crippen LogP contribution in [-0.4, -0.2) is 30.3 Å². The third-order valence-electron chi connectivity index (χ3n) is 2.97. The van der Waals surface area contributed by atoms with Crippen molar-refractivity contribution in [3.63, 3.8) is 0 Å². The van der Waals surface area contributed by atoms with Crippen molar-refractivity contribution < 1.29 is 9.47 Å². The van der Waals surface area contributed by atoms with Crippen LogP contribution in [0.15, 0.2) is 24.3 Å². The van der Waals surface area contributed by atoms with Crippen molar-refractivity contribution in [2.24, 2.45) is 0 Å². The van der Waals surface area contributed by atoms with Gasteiger partial charge in [-0.3, -0.25) is 4.90 Å². The van der Waals surface area contributed by atoms with Gasteiger partial charge in [0.05, 0.1) is 0 Å². The van der Waals surface area contributed by atoms with Gasteiger partial charge in [0.15, 0.2) is 11.5 Å². The maximum Gasteiger partial charge on any atom is 0.231 e. The highest BCUT2D eigenvalue weighted by Gasteiger charge is 2.09. The molecular weight excluding hydrogens is 226 g/mol. The van der Waals surface area contributed by atoms with E-state index in [1.54, 1.807) is 0 Å². The lowest BCUT2D eigenvalue weighted by atomic mass is 10.2. The second-order valence-electron chi connectivity index (χ2n) is 4.87. The van der Waals surface area contributed by atoms with Crippen LogP contribution in [-0.2, 0) is 0 Å². The van der Waals surface area contributed by atoms with Gasteiger partial charge in [-0.25, -0.2) is 0 Å². The first kappa shape index (κ1) is 14.8. The van der Waals surface area contributed by atoms with Gasteiger partial charge in [0.2, 0.25) is 6.79 Å². The number of hydrogen-bond acceptors (Lipinski definition) is 3. The Hall–Kier alpha value is -1.22. The maximum absolute atomic E-state index is 5.08. The van der Waals surface area contributed by atoms with E-state index in [0.29, 0.717) is 18.9 Å². The molecule has 0 atom stereocenters. The Morgan fingerprint density at radius 1 is 1.00 bits per heavy atom. The van der Waals surface area contributed by atoms with Crippen LogP contribution in [0.1, 0.15) is 34.6 Å². The van der Waals surface area contributed by atoms with Gasteiger partial charge in [0, 0.05) is 12.1 Å². The molecule has 1 aliphatic heterocycles. The molecule has 0 N–H and O–H groups in total. The maximum atomic E-state index is 5.08. The van der Waals surface area contributed by atoms with E-state index in [4.69, 9.17) is 9.47 Å². The van der Waals surface area contributed by atoms with E-state index in [1.807, 2.05) is 24.3 Å². The van der Waals surface area contributed by atoms with Crippen LogP contribution in [0.2, 0.25) is 0 Å². The van der Waals surface area contributed by atoms with Crippen molar-refractivity contribution in [1.82, 2.24) is 4.90 Å². The summed E-state index contributed by atoms with van der Waals surface area (Å²) in [6.45, 7) is 12.7. The van der Waals surface area contributed by atoms with Gasteiger partial charge in [-0.15, -0.1) is 0 Å². The quantitative estimate of drug-likeness (QED) is 0.820. The molecule has 3 nitrogen and oxygen atoms in total. The van der Waals surface area contributed by atoms with Crippen LogP contribution in [0.4, 0.5) is 0 Å². The molecule has 0 saturated heterocycles. The number of rotatable bonds is 3. The Labute approximate surface area is 111 Å². The first-order valence-electron chi connectivity index (χ1n) is 6.66. The summed E-state index contributed by atoms with van der Waals surface area (Å²) in [4.78, 5) is 2.46. The Morgan fingerprint density at radius 2 is 1.44 bits per heavy atom. The van der Waals surface area contributed by atoms with Crippen LogP contribution in [0.25, 0.3) is 0 Å². The lowest BCUT2D eigenvalue weighted by molar-refractivity contribution is 0.174. The molecule has 0 aliphatic carbocycles. The smallest absolute Gasteiger partial charge is 0.231 e. The summed E-state index contributed by atoms with van der Waals surface area (Å²) in [5, 5.41) is 0. The van der Waals surface area contributed by atoms with Crippen LogP contribution in [0.5, 0.6) is 11.5 Å². The summed E-state index contributed by atoms with van der Waals surface area (Å²) in [7, 11) is 0. The third kappa shape index (κ3) is 4.22. The molecule has 102 valence electrons. The highest BCUT2D eigenvalue weighted by Crippen LogP contribution is 2.30. The number of nitrogens with zero attached hydrogens (tertiary/aromatic N) is 1. The van der Waals surface area contributed by atoms with Crippen molar-refractivity contribution >= 4 is 0 Å². The van der Waals surface area contributed by atoms with Gasteiger partial charge in [-0.1, -0.05) is 19.1 Å². The van der Waals surface area contributed by atoms with Crippen LogP contribution < -0.4 is 9.47 Å². The molecule has 0 saturated carbocycles. The molecule has 0 radical (unpaired) electrons. The summed E-state index contributed by atoms with van der Waals surface area (Å²) in [5.41, 5.74) is 0. The van der Waals surface area contributed by atoms with Crippen molar-refractivity contribution in [2.45, 2.75) is 46.7 Å². The van der Waals surface area contributed by atoms with Gasteiger partial charge in [-0.2, -0.15) is 0 Å². The van der Waals surface area contributed by atoms with Gasteiger partial charge in [0.25, 0.3) is 0 Å². The standard InChI is InChI=1S/C8H19N.C7H6O2/c1-6-9(7(2)3)8(4)5;1-2-4-7-6(3-1)8-5-9-7/h7-8H,6H2,1-5H3;1-4H,5H2. The molecule has 1 aliphatic rings. The zero-order valence-electron chi connectivity index (χ0n) is 12.1. The van der Waals surface area contributed by atoms with Crippen molar-refractivity contribution in [3.05, 3.63) is 24.3 Å². The largest absolute Gasteiger partial charge is 0.454 e. The molecule has 0 fully saturated rings. The summed E-state index contributed by atoms with van der Waals surface area (Å²) >= 11 is 0. The second kappa shape index (κ2) is 7.27. The molecule has 1 aromatic carbocycles. The monoisotopic (exact) mass is 251 g/mol. The van der Waals surface area contributed by atoms with Crippen molar-refractivity contribution in [3.8, 4) is 11.5 Å². The predicted octanol–water partition coefficient (Wildman–Crippen LogP) is 3.54. The van der Waals surface area contributed by atoms with Crippen LogP contribution in [0, 0.1) is 0 Å². The Balaban J connectivity index is 0.000000180. The molecule has 2 rings (SSSR count). The molecule has 0 unspecified atom stereocenters. The van der Waals surface area contributed by atoms with E-state index in [9.17, 15) is 0 Å². The number of para-hydroxylation sites is 2. The molecule has 18 heavy (non-hydrogen) atoms. The Bertz CT molecular complexity index is 319. The van der Waals surface area contributed by atoms with Crippen molar-refractivity contribution in [1.29, 1.82) is 0 Å². The van der Waals surface area contributed by atoms with Crippen LogP contribution >= 0.6 is 0 Å². The second-order valence-corrected chi connectivity index (χ2v) is 4.87. The van der Waals surface area contributed by atoms with Gasteiger partial charge < -0.3 is 9.47 Å². The number of benzene rings is 1. The zero-order chi connectivity index (χ0) is 13.5. The Kier molecular flexibility index (Phi) is 5.99. The summed E-state index contributed by atoms with van der Waals surface area (Å²) in [5.74, 6) is 1.69. The van der Waals surface area contributed by atoms with E-state index < -0.39 is 0 Å². The minimum atomic E-state index is 0.360. The summed E-state index contributed by atoms with van der Waals surface area (Å²) in [6, 6.07) is 9.01. The lowest BCUT2D eigenvalue weighted by Crippen LogP contribution is -2.36. The highest BCUT2D eigenvalue weighted by atomic mass is 16.7. The van der Waals surface area contributed by atoms with E-state index in [2.05, 4.69) is 39.5 Å². The number of hydrogen-bond donors (Lipinski definition) is 0. The topological polar surface area (TPSA) is 21.7 Å². The SMILES string of the molecule is CCN(C(C)C)C(C)C.c1ccc2c(c1)OCO2. The minimum Gasteiger partial charge on any atom is -0.454 e. The van der Waals surface area contributed by atoms with Gasteiger partial charge >= 0.3 is 0 Å². The molecular formula is C15H25NO2. The number of ether oxygens (including phenoxy) is 2. The lowest BCUT2D eigenvalue weighted by Gasteiger charge is -2.28. The average Bonchev–Trinajstić information content (AvgIpc) is 2.77. The normalized spacial score (nSPS) is 12.9. The third-order valence-corrected chi connectivity index (χ3v) is 2.97. The van der Waals surface area contributed by atoms with E-state index >= 15 is 0 Å². The fourth-order valence-corrected chi connectivity index (χ4v) is 2.17. The van der Waals surface area contributed by atoms with Gasteiger partial charge in [0.1, 0.15) is 0 Å². The fraction of sp³-hybridized carbons (Fsp3) is 0.600. The molecule has 1 aromatic rings. The fourth-order valence-electron chi connectivity index (χ4n) is 2.17. The minimum absolute atomic E-state index is 0.360. The average molecular weight is 251 g/mol. The first-order chi connectivity index (χ1) is 8.56. The Morgan fingerprint density at radius 3 is 1.72 bits per heavy atom. The molecule has 3 heteroatoms. The zero-order valence-corrected chi connectivity index (χ0v) is 12.1. The van der Waals surface area contributed by atoms with E-state index in [-0.39, 0.29) is 0 Å². The summed E-state index contributed by atoms with van der Waals surface area (Å²) < 4.78 is 10.2. The molecule has 0 amide bonds. The van der Waals surface area contributed by atoms with Crippen molar-refractivity contribution in [2.75, 3.05) is 13.3 Å². The first-order valence-corrected chi connectivity index (χ1v) is 6.66. The molecule has 1 heterocycles. The summed E-state index contributed by atoms with van der Waals surface area (Å²) in [6.07, 6.45) is 0. The molecule has 0 bridgehead atoms. The van der Waals surface area contributed by atoms with E-state index in [0.717, 1.165) is 18.0 Å². The predicted molar refractivity (Wildman–Crippen MR) is 75.2 cm³/mol. The molecule has 0 aromatic heterocycles. The van der Waals surface area contributed by atoms with Gasteiger partial charge in [-0.05, 0) is 46.4 Å².